The van der Waals surface area contributed by atoms with Crippen LogP contribution in [0.5, 0.6) is 0 Å². The van der Waals surface area contributed by atoms with E-state index >= 15 is 0 Å². The van der Waals surface area contributed by atoms with Gasteiger partial charge in [-0.05, 0) is 82.9 Å². The van der Waals surface area contributed by atoms with Gasteiger partial charge in [0.1, 0.15) is 18.2 Å². The Labute approximate surface area is 307 Å². The summed E-state index contributed by atoms with van der Waals surface area (Å²) in [6, 6.07) is 29.9. The van der Waals surface area contributed by atoms with Crippen LogP contribution in [0.2, 0.25) is 0 Å². The number of nitriles is 7. The standard InChI is InChI=1S/C42H14N12/c1-50-40(28-12-25(18-45)9-26(13-28)19-46)37-32-15-31-29(14-30(32)35(22-49)39(37)42-53-6-3-7-54-42)34(21-48)38(41-51-4-2-5-52-41)36(31)33(20-47)27-10-23(16-43)8-24(11-27)17-44/h2-15H/b36-33-,40-37+. The first kappa shape index (κ1) is 33.2. The molecular formula is C42H14N12. The largest absolute Gasteiger partial charge is 0.237 e. The first-order chi connectivity index (χ1) is 26.4. The highest BCUT2D eigenvalue weighted by atomic mass is 14.9. The Morgan fingerprint density at radius 1 is 0.481 bits per heavy atom. The number of nitrogens with zero attached hydrogens (tertiary/aromatic N) is 12. The van der Waals surface area contributed by atoms with Gasteiger partial charge >= 0.3 is 0 Å². The van der Waals surface area contributed by atoms with Gasteiger partial charge in [-0.1, -0.05) is 0 Å². The van der Waals surface area contributed by atoms with Crippen LogP contribution in [-0.2, 0) is 0 Å². The smallest absolute Gasteiger partial charge is 0.202 e. The lowest BCUT2D eigenvalue weighted by atomic mass is 9.88. The minimum Gasteiger partial charge on any atom is -0.237 e. The first-order valence-electron chi connectivity index (χ1n) is 15.6. The third kappa shape index (κ3) is 5.27. The molecule has 242 valence electrons. The molecule has 12 heteroatoms. The topological polar surface area (TPSA) is 222 Å². The van der Waals surface area contributed by atoms with Crippen LogP contribution in [0.3, 0.4) is 0 Å². The summed E-state index contributed by atoms with van der Waals surface area (Å²) < 4.78 is 0. The SMILES string of the molecule is [C-]#[N+]/C(=C1/C(c2ncccn2)=C(C#N)c2cc3c(cc21)/C(=C(\C#N)c1cc(C#N)cc(C#N)c1)C(c1ncccn1)=C3C#N)c1cc(C#N)cc(C#N)c1. The summed E-state index contributed by atoms with van der Waals surface area (Å²) in [6.45, 7) is 8.40. The van der Waals surface area contributed by atoms with Crippen LogP contribution in [-0.4, -0.2) is 19.9 Å². The van der Waals surface area contributed by atoms with Gasteiger partial charge in [0, 0.05) is 58.2 Å². The zero-order valence-electron chi connectivity index (χ0n) is 27.4. The molecule has 5 aromatic rings. The number of hydrogen-bond acceptors (Lipinski definition) is 11. The third-order valence-electron chi connectivity index (χ3n) is 8.69. The molecule has 0 spiro atoms. The number of hydrogen-bond donors (Lipinski definition) is 0. The van der Waals surface area contributed by atoms with Crippen molar-refractivity contribution in [2.75, 3.05) is 0 Å². The van der Waals surface area contributed by atoms with Crippen LogP contribution in [0, 0.1) is 85.9 Å². The van der Waals surface area contributed by atoms with Crippen LogP contribution >= 0.6 is 0 Å². The molecule has 2 heterocycles. The van der Waals surface area contributed by atoms with Crippen molar-refractivity contribution >= 4 is 44.7 Å². The second kappa shape index (κ2) is 13.5. The predicted octanol–water partition coefficient (Wildman–Crippen LogP) is 6.87. The monoisotopic (exact) mass is 686 g/mol. The van der Waals surface area contributed by atoms with E-state index in [0.717, 1.165) is 0 Å². The molecule has 0 bridgehead atoms. The second-order valence-electron chi connectivity index (χ2n) is 11.6. The third-order valence-corrected chi connectivity index (χ3v) is 8.69. The summed E-state index contributed by atoms with van der Waals surface area (Å²) >= 11 is 0. The van der Waals surface area contributed by atoms with E-state index in [1.165, 1.54) is 61.2 Å². The Morgan fingerprint density at radius 3 is 1.30 bits per heavy atom. The van der Waals surface area contributed by atoms with Crippen molar-refractivity contribution in [1.82, 2.24) is 19.9 Å². The lowest BCUT2D eigenvalue weighted by molar-refractivity contribution is 1.13. The maximum atomic E-state index is 10.8. The van der Waals surface area contributed by atoms with Gasteiger partial charge in [-0.2, -0.15) is 36.8 Å². The highest BCUT2D eigenvalue weighted by molar-refractivity contribution is 6.33. The molecule has 3 aromatic carbocycles. The van der Waals surface area contributed by atoms with E-state index in [9.17, 15) is 36.8 Å². The molecule has 0 fully saturated rings. The molecule has 2 aromatic heterocycles. The lowest BCUT2D eigenvalue weighted by Gasteiger charge is -2.14. The van der Waals surface area contributed by atoms with Gasteiger partial charge in [0.05, 0.1) is 69.8 Å². The van der Waals surface area contributed by atoms with Crippen LogP contribution < -0.4 is 0 Å². The molecule has 12 nitrogen and oxygen atoms in total. The first-order valence-corrected chi connectivity index (χ1v) is 15.6. The van der Waals surface area contributed by atoms with E-state index in [2.05, 4.69) is 43.0 Å². The van der Waals surface area contributed by atoms with Crippen molar-refractivity contribution < 1.29 is 0 Å². The molecule has 0 atom stereocenters. The van der Waals surface area contributed by atoms with E-state index in [1.807, 2.05) is 24.3 Å². The minimum absolute atomic E-state index is 0.00639. The van der Waals surface area contributed by atoms with Crippen LogP contribution in [0.15, 0.2) is 85.5 Å². The molecule has 2 aliphatic rings. The molecule has 0 saturated carbocycles. The van der Waals surface area contributed by atoms with E-state index in [4.69, 9.17) is 6.57 Å². The van der Waals surface area contributed by atoms with Crippen LogP contribution in [0.25, 0.3) is 49.6 Å². The number of benzene rings is 3. The fourth-order valence-corrected chi connectivity index (χ4v) is 6.58. The molecule has 0 saturated heterocycles. The summed E-state index contributed by atoms with van der Waals surface area (Å²) in [5.74, 6) is 0.244. The second-order valence-corrected chi connectivity index (χ2v) is 11.6. The van der Waals surface area contributed by atoms with Crippen LogP contribution in [0.4, 0.5) is 0 Å². The Balaban J connectivity index is 1.66. The van der Waals surface area contributed by atoms with Crippen molar-refractivity contribution in [3.05, 3.63) is 164 Å². The molecule has 0 N–H and O–H groups in total. The maximum absolute atomic E-state index is 10.8. The molecule has 0 amide bonds. The Bertz CT molecular complexity index is 2730. The Kier molecular flexibility index (Phi) is 8.33. The Hall–Kier alpha value is -9.30. The van der Waals surface area contributed by atoms with E-state index in [0.29, 0.717) is 22.3 Å². The zero-order chi connectivity index (χ0) is 37.9. The van der Waals surface area contributed by atoms with Gasteiger partial charge in [-0.25, -0.2) is 24.8 Å². The fraction of sp³-hybridized carbons (Fsp3) is 0. The molecule has 7 rings (SSSR count). The van der Waals surface area contributed by atoms with E-state index in [1.54, 1.807) is 24.3 Å². The van der Waals surface area contributed by atoms with Crippen molar-refractivity contribution in [2.24, 2.45) is 0 Å². The van der Waals surface area contributed by atoms with Gasteiger partial charge in [0.2, 0.25) is 5.70 Å². The summed E-state index contributed by atoms with van der Waals surface area (Å²) in [5, 5.41) is 71.4. The molecule has 2 aliphatic carbocycles. The average Bonchev–Trinajstić information content (AvgIpc) is 3.72. The van der Waals surface area contributed by atoms with Crippen LogP contribution in [0.1, 0.15) is 67.3 Å². The van der Waals surface area contributed by atoms with E-state index in [-0.39, 0.29) is 89.7 Å². The van der Waals surface area contributed by atoms with Gasteiger partial charge in [0.25, 0.3) is 0 Å². The molecule has 54 heavy (non-hydrogen) atoms. The fourth-order valence-electron chi connectivity index (χ4n) is 6.58. The highest BCUT2D eigenvalue weighted by Gasteiger charge is 2.38. The number of rotatable bonds is 4. The number of aromatic nitrogens is 4. The zero-order valence-corrected chi connectivity index (χ0v) is 27.4. The normalized spacial score (nSPS) is 14.1. The molecule has 0 aliphatic heterocycles. The minimum atomic E-state index is -0.0120. The molecular weight excluding hydrogens is 673 g/mol. The maximum Gasteiger partial charge on any atom is 0.202 e. The van der Waals surface area contributed by atoms with E-state index < -0.39 is 0 Å². The predicted molar refractivity (Wildman–Crippen MR) is 193 cm³/mol. The van der Waals surface area contributed by atoms with Crippen molar-refractivity contribution in [1.29, 1.82) is 36.8 Å². The number of allylic oxidation sites excluding steroid dienone is 7. The van der Waals surface area contributed by atoms with Gasteiger partial charge in [-0.3, -0.25) is 0 Å². The van der Waals surface area contributed by atoms with Gasteiger partial charge < -0.3 is 0 Å². The van der Waals surface area contributed by atoms with Crippen molar-refractivity contribution in [3.8, 4) is 42.5 Å². The summed E-state index contributed by atoms with van der Waals surface area (Å²) in [7, 11) is 0. The number of fused-ring (bicyclic) bond motifs is 2. The lowest BCUT2D eigenvalue weighted by Crippen LogP contribution is -1.99. The van der Waals surface area contributed by atoms with Crippen molar-refractivity contribution in [3.63, 3.8) is 0 Å². The van der Waals surface area contributed by atoms with Crippen molar-refractivity contribution in [2.45, 2.75) is 0 Å². The summed E-state index contributed by atoms with van der Waals surface area (Å²) in [6.07, 6.45) is 5.94. The molecule has 0 radical (unpaired) electrons. The average molecular weight is 687 g/mol. The van der Waals surface area contributed by atoms with Gasteiger partial charge in [-0.15, -0.1) is 0 Å². The Morgan fingerprint density at radius 2 is 0.889 bits per heavy atom. The molecule has 0 unspecified atom stereocenters. The summed E-state index contributed by atoms with van der Waals surface area (Å²) in [5.41, 5.74) is 3.42. The quantitative estimate of drug-likeness (QED) is 0.140. The van der Waals surface area contributed by atoms with Gasteiger partial charge in [0.15, 0.2) is 11.6 Å². The highest BCUT2D eigenvalue weighted by Crippen LogP contribution is 2.55. The summed E-state index contributed by atoms with van der Waals surface area (Å²) in [4.78, 5) is 21.5.